The minimum Gasteiger partial charge on any atom is -0.401 e. The molecule has 1 amide bonds. The highest BCUT2D eigenvalue weighted by Crippen LogP contribution is 2.20. The molecule has 0 spiro atoms. The van der Waals surface area contributed by atoms with Crippen LogP contribution < -0.4 is 5.32 Å². The lowest BCUT2D eigenvalue weighted by molar-refractivity contribution is 0.102. The molecule has 0 aromatic carbocycles. The standard InChI is InChI=1S/C12H11N5O2S/c1-7-6-8(17(2)16-7)11-14-15-12(19-11)13-10(18)9-4-3-5-20-9/h3-6H,1-2H3,(H,13,15,18). The van der Waals surface area contributed by atoms with Gasteiger partial charge in [-0.2, -0.15) is 5.10 Å². The van der Waals surface area contributed by atoms with Crippen LogP contribution in [0.1, 0.15) is 15.4 Å². The van der Waals surface area contributed by atoms with Gasteiger partial charge in [-0.15, -0.1) is 16.4 Å². The van der Waals surface area contributed by atoms with Gasteiger partial charge in [-0.05, 0) is 24.4 Å². The Balaban J connectivity index is 1.81. The molecule has 3 aromatic rings. The Morgan fingerprint density at radius 2 is 2.30 bits per heavy atom. The second kappa shape index (κ2) is 4.89. The van der Waals surface area contributed by atoms with Crippen LogP contribution in [0.15, 0.2) is 28.0 Å². The summed E-state index contributed by atoms with van der Waals surface area (Å²) in [6.07, 6.45) is 0. The van der Waals surface area contributed by atoms with E-state index in [1.807, 2.05) is 18.4 Å². The molecule has 0 bridgehead atoms. The highest BCUT2D eigenvalue weighted by molar-refractivity contribution is 7.12. The number of hydrogen-bond donors (Lipinski definition) is 1. The van der Waals surface area contributed by atoms with Crippen molar-refractivity contribution in [1.29, 1.82) is 0 Å². The van der Waals surface area contributed by atoms with E-state index in [4.69, 9.17) is 4.42 Å². The van der Waals surface area contributed by atoms with Gasteiger partial charge in [-0.1, -0.05) is 11.2 Å². The summed E-state index contributed by atoms with van der Waals surface area (Å²) < 4.78 is 7.07. The second-order valence-electron chi connectivity index (χ2n) is 4.14. The van der Waals surface area contributed by atoms with Crippen molar-refractivity contribution >= 4 is 23.3 Å². The number of hydrogen-bond acceptors (Lipinski definition) is 6. The summed E-state index contributed by atoms with van der Waals surface area (Å²) in [6.45, 7) is 1.87. The van der Waals surface area contributed by atoms with E-state index < -0.39 is 0 Å². The summed E-state index contributed by atoms with van der Waals surface area (Å²) in [5, 5.41) is 16.3. The number of aromatic nitrogens is 4. The number of carbonyl (C=O) groups is 1. The van der Waals surface area contributed by atoms with E-state index in [1.165, 1.54) is 11.3 Å². The highest BCUT2D eigenvalue weighted by Gasteiger charge is 2.15. The fraction of sp³-hybridized carbons (Fsp3) is 0.167. The van der Waals surface area contributed by atoms with Gasteiger partial charge in [0.2, 0.25) is 0 Å². The van der Waals surface area contributed by atoms with E-state index in [0.29, 0.717) is 16.5 Å². The van der Waals surface area contributed by atoms with E-state index in [0.717, 1.165) is 5.69 Å². The van der Waals surface area contributed by atoms with Crippen LogP contribution in [0.3, 0.4) is 0 Å². The number of carbonyl (C=O) groups excluding carboxylic acids is 1. The number of aryl methyl sites for hydroxylation is 2. The molecule has 3 rings (SSSR count). The zero-order chi connectivity index (χ0) is 14.1. The molecular weight excluding hydrogens is 278 g/mol. The number of amides is 1. The molecule has 0 unspecified atom stereocenters. The Bertz CT molecular complexity index is 744. The quantitative estimate of drug-likeness (QED) is 0.798. The largest absolute Gasteiger partial charge is 0.401 e. The number of nitrogens with one attached hydrogen (secondary N) is 1. The molecule has 1 N–H and O–H groups in total. The van der Waals surface area contributed by atoms with Crippen LogP contribution >= 0.6 is 11.3 Å². The molecule has 8 heteroatoms. The predicted octanol–water partition coefficient (Wildman–Crippen LogP) is 2.09. The van der Waals surface area contributed by atoms with Crippen LogP contribution in [0.4, 0.5) is 6.01 Å². The molecule has 0 radical (unpaired) electrons. The molecule has 0 fully saturated rings. The normalized spacial score (nSPS) is 10.7. The summed E-state index contributed by atoms with van der Waals surface area (Å²) in [6, 6.07) is 5.43. The fourth-order valence-electron chi connectivity index (χ4n) is 1.75. The van der Waals surface area contributed by atoms with E-state index in [1.54, 1.807) is 23.9 Å². The zero-order valence-corrected chi connectivity index (χ0v) is 11.6. The van der Waals surface area contributed by atoms with Gasteiger partial charge in [-0.3, -0.25) is 14.8 Å². The average molecular weight is 289 g/mol. The van der Waals surface area contributed by atoms with Crippen LogP contribution in [0.2, 0.25) is 0 Å². The molecule has 0 aliphatic carbocycles. The van der Waals surface area contributed by atoms with Gasteiger partial charge in [0.05, 0.1) is 10.6 Å². The Labute approximate surface area is 118 Å². The smallest absolute Gasteiger partial charge is 0.322 e. The van der Waals surface area contributed by atoms with Crippen molar-refractivity contribution in [3.05, 3.63) is 34.2 Å². The van der Waals surface area contributed by atoms with Gasteiger partial charge < -0.3 is 4.42 Å². The number of rotatable bonds is 3. The lowest BCUT2D eigenvalue weighted by Crippen LogP contribution is -2.10. The summed E-state index contributed by atoms with van der Waals surface area (Å²) in [4.78, 5) is 12.4. The maximum Gasteiger partial charge on any atom is 0.322 e. The monoisotopic (exact) mass is 289 g/mol. The van der Waals surface area contributed by atoms with E-state index in [-0.39, 0.29) is 11.9 Å². The lowest BCUT2D eigenvalue weighted by atomic mass is 10.4. The lowest BCUT2D eigenvalue weighted by Gasteiger charge is -1.96. The van der Waals surface area contributed by atoms with Gasteiger partial charge in [0, 0.05) is 7.05 Å². The minimum atomic E-state index is -0.267. The molecular formula is C12H11N5O2S. The molecule has 0 saturated heterocycles. The molecule has 3 aromatic heterocycles. The topological polar surface area (TPSA) is 85.8 Å². The van der Waals surface area contributed by atoms with Crippen molar-refractivity contribution in [3.63, 3.8) is 0 Å². The molecule has 0 aliphatic heterocycles. The SMILES string of the molecule is Cc1cc(-c2nnc(NC(=O)c3cccs3)o2)n(C)n1. The molecule has 0 atom stereocenters. The van der Waals surface area contributed by atoms with Crippen molar-refractivity contribution in [3.8, 4) is 11.6 Å². The van der Waals surface area contributed by atoms with Crippen molar-refractivity contribution in [2.45, 2.75) is 6.92 Å². The minimum absolute atomic E-state index is 0.0669. The van der Waals surface area contributed by atoms with Crippen molar-refractivity contribution in [2.24, 2.45) is 7.05 Å². The molecule has 7 nitrogen and oxygen atoms in total. The van der Waals surface area contributed by atoms with Gasteiger partial charge in [0.1, 0.15) is 5.69 Å². The van der Waals surface area contributed by atoms with Crippen LogP contribution in [0, 0.1) is 6.92 Å². The van der Waals surface area contributed by atoms with Crippen molar-refractivity contribution < 1.29 is 9.21 Å². The highest BCUT2D eigenvalue weighted by atomic mass is 32.1. The van der Waals surface area contributed by atoms with Crippen LogP contribution in [0.5, 0.6) is 0 Å². The van der Waals surface area contributed by atoms with E-state index >= 15 is 0 Å². The molecule has 20 heavy (non-hydrogen) atoms. The Hall–Kier alpha value is -2.48. The average Bonchev–Trinajstić information content (AvgIpc) is 3.10. The molecule has 3 heterocycles. The molecule has 0 saturated carbocycles. The summed E-state index contributed by atoms with van der Waals surface area (Å²) >= 11 is 1.34. The third kappa shape index (κ3) is 2.32. The number of thiophene rings is 1. The van der Waals surface area contributed by atoms with E-state index in [2.05, 4.69) is 20.6 Å². The Morgan fingerprint density at radius 3 is 2.95 bits per heavy atom. The van der Waals surface area contributed by atoms with Gasteiger partial charge in [-0.25, -0.2) is 0 Å². The maximum atomic E-state index is 11.8. The molecule has 0 aliphatic rings. The summed E-state index contributed by atoms with van der Waals surface area (Å²) in [5.41, 5.74) is 1.55. The van der Waals surface area contributed by atoms with Crippen molar-refractivity contribution in [1.82, 2.24) is 20.0 Å². The first-order chi connectivity index (χ1) is 9.63. The van der Waals surface area contributed by atoms with Crippen LogP contribution in [-0.4, -0.2) is 25.9 Å². The Morgan fingerprint density at radius 1 is 1.45 bits per heavy atom. The third-order valence-corrected chi connectivity index (χ3v) is 3.48. The fourth-order valence-corrected chi connectivity index (χ4v) is 2.37. The zero-order valence-electron chi connectivity index (χ0n) is 10.8. The Kier molecular flexibility index (Phi) is 3.07. The maximum absolute atomic E-state index is 11.8. The third-order valence-electron chi connectivity index (χ3n) is 2.61. The van der Waals surface area contributed by atoms with Gasteiger partial charge in [0.15, 0.2) is 0 Å². The van der Waals surface area contributed by atoms with Crippen LogP contribution in [-0.2, 0) is 7.05 Å². The summed E-state index contributed by atoms with van der Waals surface area (Å²) in [5.74, 6) is 0.0472. The number of anilines is 1. The van der Waals surface area contributed by atoms with Crippen molar-refractivity contribution in [2.75, 3.05) is 5.32 Å². The predicted molar refractivity (Wildman–Crippen MR) is 73.5 cm³/mol. The second-order valence-corrected chi connectivity index (χ2v) is 5.09. The summed E-state index contributed by atoms with van der Waals surface area (Å²) in [7, 11) is 1.79. The van der Waals surface area contributed by atoms with Gasteiger partial charge >= 0.3 is 6.01 Å². The van der Waals surface area contributed by atoms with E-state index in [9.17, 15) is 4.79 Å². The first kappa shape index (κ1) is 12.5. The van der Waals surface area contributed by atoms with Gasteiger partial charge in [0.25, 0.3) is 11.8 Å². The first-order valence-electron chi connectivity index (χ1n) is 5.83. The first-order valence-corrected chi connectivity index (χ1v) is 6.71. The number of nitrogens with zero attached hydrogens (tertiary/aromatic N) is 4. The van der Waals surface area contributed by atoms with Crippen LogP contribution in [0.25, 0.3) is 11.6 Å². The molecule has 102 valence electrons.